The second-order valence-electron chi connectivity index (χ2n) is 4.62. The Bertz CT molecular complexity index is 548. The van der Waals surface area contributed by atoms with Crippen LogP contribution in [0.1, 0.15) is 25.3 Å². The van der Waals surface area contributed by atoms with Gasteiger partial charge in [0.1, 0.15) is 6.04 Å². The monoisotopic (exact) mass is 326 g/mol. The lowest BCUT2D eigenvalue weighted by Gasteiger charge is -2.16. The SMILES string of the molecule is CCOC(=O)CCC(=O)N[C@H](Cc1ccccc1Cl)C(N)=O. The van der Waals surface area contributed by atoms with E-state index in [4.69, 9.17) is 22.1 Å². The molecule has 1 aromatic rings. The summed E-state index contributed by atoms with van der Waals surface area (Å²) in [4.78, 5) is 34.4. The quantitative estimate of drug-likeness (QED) is 0.701. The Kier molecular flexibility index (Phi) is 7.39. The number of ether oxygens (including phenoxy) is 1. The van der Waals surface area contributed by atoms with Crippen molar-refractivity contribution in [2.45, 2.75) is 32.2 Å². The van der Waals surface area contributed by atoms with Crippen LogP contribution in [0.4, 0.5) is 0 Å². The van der Waals surface area contributed by atoms with E-state index >= 15 is 0 Å². The maximum atomic E-state index is 11.8. The lowest BCUT2D eigenvalue weighted by Crippen LogP contribution is -2.46. The number of halogens is 1. The molecule has 1 rings (SSSR count). The first-order valence-corrected chi connectivity index (χ1v) is 7.29. The molecule has 1 aromatic carbocycles. The molecule has 3 N–H and O–H groups in total. The number of nitrogens with two attached hydrogens (primary N) is 1. The number of carbonyl (C=O) groups is 3. The third-order valence-corrected chi connectivity index (χ3v) is 3.29. The van der Waals surface area contributed by atoms with Crippen molar-refractivity contribution < 1.29 is 19.1 Å². The van der Waals surface area contributed by atoms with E-state index in [1.165, 1.54) is 0 Å². The Labute approximate surface area is 134 Å². The molecule has 22 heavy (non-hydrogen) atoms. The Morgan fingerprint density at radius 3 is 2.55 bits per heavy atom. The van der Waals surface area contributed by atoms with Crippen LogP contribution < -0.4 is 11.1 Å². The normalized spacial score (nSPS) is 11.5. The van der Waals surface area contributed by atoms with Crippen LogP contribution in [0.3, 0.4) is 0 Å². The summed E-state index contributed by atoms with van der Waals surface area (Å²) in [5.41, 5.74) is 6.01. The van der Waals surface area contributed by atoms with Crippen molar-refractivity contribution in [1.29, 1.82) is 0 Å². The standard InChI is InChI=1S/C15H19ClN2O4/c1-2-22-14(20)8-7-13(19)18-12(15(17)21)9-10-5-3-4-6-11(10)16/h3-6,12H,2,7-9H2,1H3,(H2,17,21)(H,18,19)/t12-/m1/s1. The van der Waals surface area contributed by atoms with Crippen LogP contribution in [0.5, 0.6) is 0 Å². The Balaban J connectivity index is 2.58. The van der Waals surface area contributed by atoms with Crippen molar-refractivity contribution in [3.63, 3.8) is 0 Å². The second kappa shape index (κ2) is 9.04. The van der Waals surface area contributed by atoms with Gasteiger partial charge in [-0.25, -0.2) is 0 Å². The van der Waals surface area contributed by atoms with Crippen molar-refractivity contribution in [1.82, 2.24) is 5.32 Å². The van der Waals surface area contributed by atoms with Gasteiger partial charge in [0.05, 0.1) is 13.0 Å². The van der Waals surface area contributed by atoms with Crippen molar-refractivity contribution in [3.05, 3.63) is 34.9 Å². The number of benzene rings is 1. The Hall–Kier alpha value is -2.08. The van der Waals surface area contributed by atoms with Gasteiger partial charge in [-0.2, -0.15) is 0 Å². The maximum Gasteiger partial charge on any atom is 0.306 e. The molecule has 0 bridgehead atoms. The average Bonchev–Trinajstić information content (AvgIpc) is 2.47. The summed E-state index contributed by atoms with van der Waals surface area (Å²) in [6, 6.07) is 6.11. The van der Waals surface area contributed by atoms with E-state index < -0.39 is 23.8 Å². The number of hydrogen-bond acceptors (Lipinski definition) is 4. The van der Waals surface area contributed by atoms with Crippen LogP contribution in [0.15, 0.2) is 24.3 Å². The molecule has 0 radical (unpaired) electrons. The van der Waals surface area contributed by atoms with Gasteiger partial charge in [0, 0.05) is 17.9 Å². The van der Waals surface area contributed by atoms with Crippen molar-refractivity contribution >= 4 is 29.4 Å². The molecule has 0 heterocycles. The van der Waals surface area contributed by atoms with E-state index in [0.717, 1.165) is 0 Å². The van der Waals surface area contributed by atoms with Crippen molar-refractivity contribution in [2.75, 3.05) is 6.61 Å². The van der Waals surface area contributed by atoms with Gasteiger partial charge in [-0.1, -0.05) is 29.8 Å². The van der Waals surface area contributed by atoms with Gasteiger partial charge in [-0.05, 0) is 18.6 Å². The lowest BCUT2D eigenvalue weighted by molar-refractivity contribution is -0.144. The fraction of sp³-hybridized carbons (Fsp3) is 0.400. The highest BCUT2D eigenvalue weighted by Crippen LogP contribution is 2.16. The minimum absolute atomic E-state index is 0.0444. The van der Waals surface area contributed by atoms with Crippen molar-refractivity contribution in [2.24, 2.45) is 5.73 Å². The van der Waals surface area contributed by atoms with Gasteiger partial charge in [0.2, 0.25) is 11.8 Å². The summed E-state index contributed by atoms with van der Waals surface area (Å²) in [6.07, 6.45) is 0.0858. The smallest absolute Gasteiger partial charge is 0.306 e. The minimum atomic E-state index is -0.880. The number of amides is 2. The largest absolute Gasteiger partial charge is 0.466 e. The highest BCUT2D eigenvalue weighted by molar-refractivity contribution is 6.31. The third-order valence-electron chi connectivity index (χ3n) is 2.92. The zero-order chi connectivity index (χ0) is 16.5. The Morgan fingerprint density at radius 1 is 1.27 bits per heavy atom. The van der Waals surface area contributed by atoms with E-state index in [1.807, 2.05) is 0 Å². The van der Waals surface area contributed by atoms with Crippen LogP contribution in [0.25, 0.3) is 0 Å². The summed E-state index contributed by atoms with van der Waals surface area (Å²) in [7, 11) is 0. The Morgan fingerprint density at radius 2 is 1.95 bits per heavy atom. The van der Waals surface area contributed by atoms with Gasteiger partial charge in [0.15, 0.2) is 0 Å². The number of rotatable bonds is 8. The molecule has 0 fully saturated rings. The molecular weight excluding hydrogens is 308 g/mol. The van der Waals surface area contributed by atoms with E-state index in [9.17, 15) is 14.4 Å². The zero-order valence-electron chi connectivity index (χ0n) is 12.3. The summed E-state index contributed by atoms with van der Waals surface area (Å²) < 4.78 is 4.73. The lowest BCUT2D eigenvalue weighted by atomic mass is 10.1. The zero-order valence-corrected chi connectivity index (χ0v) is 13.1. The molecule has 1 atom stereocenters. The molecule has 120 valence electrons. The van der Waals surface area contributed by atoms with Crippen LogP contribution in [-0.2, 0) is 25.5 Å². The van der Waals surface area contributed by atoms with E-state index in [1.54, 1.807) is 31.2 Å². The maximum absolute atomic E-state index is 11.8. The minimum Gasteiger partial charge on any atom is -0.466 e. The van der Waals surface area contributed by atoms with Gasteiger partial charge in [-0.15, -0.1) is 0 Å². The molecule has 0 spiro atoms. The number of hydrogen-bond donors (Lipinski definition) is 2. The molecule has 0 saturated carbocycles. The average molecular weight is 327 g/mol. The van der Waals surface area contributed by atoms with Crippen LogP contribution in [0.2, 0.25) is 5.02 Å². The number of esters is 1. The van der Waals surface area contributed by atoms with E-state index in [0.29, 0.717) is 10.6 Å². The first-order chi connectivity index (χ1) is 10.4. The van der Waals surface area contributed by atoms with E-state index in [-0.39, 0.29) is 25.9 Å². The molecule has 0 aromatic heterocycles. The predicted molar refractivity (Wildman–Crippen MR) is 82.1 cm³/mol. The number of nitrogens with one attached hydrogen (secondary N) is 1. The summed E-state index contributed by atoms with van der Waals surface area (Å²) in [5.74, 6) is -1.56. The molecule has 7 heteroatoms. The summed E-state index contributed by atoms with van der Waals surface area (Å²) in [5, 5.41) is 3.00. The molecule has 0 aliphatic rings. The van der Waals surface area contributed by atoms with Crippen LogP contribution in [-0.4, -0.2) is 30.4 Å². The number of primary amides is 1. The van der Waals surface area contributed by atoms with Crippen molar-refractivity contribution in [3.8, 4) is 0 Å². The highest BCUT2D eigenvalue weighted by atomic mass is 35.5. The predicted octanol–water partition coefficient (Wildman–Crippen LogP) is 1.20. The van der Waals surface area contributed by atoms with Gasteiger partial charge >= 0.3 is 5.97 Å². The molecule has 0 aliphatic carbocycles. The number of carbonyl (C=O) groups excluding carboxylic acids is 3. The summed E-state index contributed by atoms with van der Waals surface area (Å²) in [6.45, 7) is 1.95. The molecule has 2 amide bonds. The fourth-order valence-corrected chi connectivity index (χ4v) is 2.03. The second-order valence-corrected chi connectivity index (χ2v) is 5.03. The molecule has 0 aliphatic heterocycles. The summed E-state index contributed by atoms with van der Waals surface area (Å²) >= 11 is 6.02. The molecule has 6 nitrogen and oxygen atoms in total. The highest BCUT2D eigenvalue weighted by Gasteiger charge is 2.20. The van der Waals surface area contributed by atoms with Gasteiger partial charge in [0.25, 0.3) is 0 Å². The van der Waals surface area contributed by atoms with E-state index in [2.05, 4.69) is 5.32 Å². The van der Waals surface area contributed by atoms with Crippen LogP contribution in [0, 0.1) is 0 Å². The topological polar surface area (TPSA) is 98.5 Å². The molecular formula is C15H19ClN2O4. The van der Waals surface area contributed by atoms with Gasteiger partial charge in [-0.3, -0.25) is 14.4 Å². The van der Waals surface area contributed by atoms with Gasteiger partial charge < -0.3 is 15.8 Å². The third kappa shape index (κ3) is 6.13. The fourth-order valence-electron chi connectivity index (χ4n) is 1.82. The first-order valence-electron chi connectivity index (χ1n) is 6.91. The molecule has 0 unspecified atom stereocenters. The molecule has 0 saturated heterocycles. The van der Waals surface area contributed by atoms with Crippen LogP contribution >= 0.6 is 11.6 Å². The first kappa shape index (κ1) is 18.0.